The summed E-state index contributed by atoms with van der Waals surface area (Å²) in [5, 5.41) is 14.1. The fourth-order valence-corrected chi connectivity index (χ4v) is 4.08. The molecule has 9 heteroatoms. The Morgan fingerprint density at radius 1 is 0.935 bits per heavy atom. The molecule has 154 valence electrons. The molecule has 0 unspecified atom stereocenters. The number of nitrogens with zero attached hydrogens (tertiary/aromatic N) is 5. The quantitative estimate of drug-likeness (QED) is 0.300. The molecule has 0 saturated heterocycles. The predicted molar refractivity (Wildman–Crippen MR) is 118 cm³/mol. The van der Waals surface area contributed by atoms with Gasteiger partial charge in [0, 0.05) is 0 Å². The molecule has 3 heterocycles. The molecule has 0 saturated carbocycles. The lowest BCUT2D eigenvalue weighted by molar-refractivity contribution is 0.425. The van der Waals surface area contributed by atoms with Crippen LogP contribution >= 0.6 is 23.4 Å². The molecule has 5 rings (SSSR count). The molecule has 0 bridgehead atoms. The van der Waals surface area contributed by atoms with E-state index in [0.29, 0.717) is 46.2 Å². The van der Waals surface area contributed by atoms with Gasteiger partial charge in [-0.05, 0) is 29.8 Å². The second-order valence-corrected chi connectivity index (χ2v) is 7.99. The Balaban J connectivity index is 1.39. The van der Waals surface area contributed by atoms with Gasteiger partial charge >= 0.3 is 0 Å². The van der Waals surface area contributed by atoms with Crippen LogP contribution in [0.3, 0.4) is 0 Å². The monoisotopic (exact) mass is 449 g/mol. The third-order valence-corrected chi connectivity index (χ3v) is 5.84. The van der Waals surface area contributed by atoms with Crippen molar-refractivity contribution < 1.29 is 8.94 Å². The van der Waals surface area contributed by atoms with Gasteiger partial charge in [0.2, 0.25) is 5.82 Å². The van der Waals surface area contributed by atoms with Crippen LogP contribution in [-0.4, -0.2) is 24.9 Å². The molecule has 3 aromatic heterocycles. The van der Waals surface area contributed by atoms with Crippen LogP contribution in [-0.2, 0) is 12.3 Å². The summed E-state index contributed by atoms with van der Waals surface area (Å²) in [7, 11) is 0. The van der Waals surface area contributed by atoms with Crippen molar-refractivity contribution >= 4 is 23.4 Å². The highest BCUT2D eigenvalue weighted by Gasteiger charge is 2.18. The Bertz CT molecular complexity index is 1280. The van der Waals surface area contributed by atoms with Crippen molar-refractivity contribution in [2.24, 2.45) is 0 Å². The summed E-state index contributed by atoms with van der Waals surface area (Å²) in [5.74, 6) is 2.74. The van der Waals surface area contributed by atoms with E-state index in [9.17, 15) is 0 Å². The molecule has 2 aromatic carbocycles. The summed E-state index contributed by atoms with van der Waals surface area (Å²) in [6.45, 7) is 0.614. The van der Waals surface area contributed by atoms with Gasteiger partial charge < -0.3 is 8.94 Å². The number of hydrogen-bond donors (Lipinski definition) is 0. The van der Waals surface area contributed by atoms with Crippen molar-refractivity contribution in [1.82, 2.24) is 24.9 Å². The maximum atomic E-state index is 6.23. The van der Waals surface area contributed by atoms with Crippen LogP contribution in [0.4, 0.5) is 0 Å². The SMILES string of the molecule is Clc1ccccc1-c1nc(CSc2nnc(-c3ccco3)n2Cc2ccccc2)no1. The lowest BCUT2D eigenvalue weighted by atomic mass is 10.2. The van der Waals surface area contributed by atoms with Crippen LogP contribution in [0.5, 0.6) is 0 Å². The van der Waals surface area contributed by atoms with Crippen molar-refractivity contribution in [2.75, 3.05) is 0 Å². The van der Waals surface area contributed by atoms with Gasteiger partial charge in [0.15, 0.2) is 16.7 Å². The van der Waals surface area contributed by atoms with Crippen LogP contribution in [0.1, 0.15) is 11.4 Å². The molecule has 0 aliphatic rings. The lowest BCUT2D eigenvalue weighted by Crippen LogP contribution is -2.04. The molecule has 0 radical (unpaired) electrons. The van der Waals surface area contributed by atoms with Crippen molar-refractivity contribution in [3.05, 3.63) is 89.4 Å². The summed E-state index contributed by atoms with van der Waals surface area (Å²) in [5.41, 5.74) is 1.85. The van der Waals surface area contributed by atoms with E-state index in [4.69, 9.17) is 20.5 Å². The molecule has 0 N–H and O–H groups in total. The Kier molecular flexibility index (Phi) is 5.56. The van der Waals surface area contributed by atoms with Crippen LogP contribution in [0.2, 0.25) is 5.02 Å². The summed E-state index contributed by atoms with van der Waals surface area (Å²) >= 11 is 7.71. The smallest absolute Gasteiger partial charge is 0.259 e. The van der Waals surface area contributed by atoms with Crippen molar-refractivity contribution in [2.45, 2.75) is 17.5 Å². The fourth-order valence-electron chi connectivity index (χ4n) is 3.08. The van der Waals surface area contributed by atoms with E-state index in [1.165, 1.54) is 11.8 Å². The molecular formula is C22H16ClN5O2S. The van der Waals surface area contributed by atoms with Crippen LogP contribution < -0.4 is 0 Å². The highest BCUT2D eigenvalue weighted by Crippen LogP contribution is 2.29. The van der Waals surface area contributed by atoms with Crippen molar-refractivity contribution in [1.29, 1.82) is 0 Å². The number of thioether (sulfide) groups is 1. The van der Waals surface area contributed by atoms with E-state index in [1.54, 1.807) is 12.3 Å². The Hall–Kier alpha value is -3.36. The number of benzene rings is 2. The summed E-state index contributed by atoms with van der Waals surface area (Å²) in [4.78, 5) is 4.47. The minimum absolute atomic E-state index is 0.392. The maximum absolute atomic E-state index is 6.23. The standard InChI is InChI=1S/C22H16ClN5O2S/c23-17-10-5-4-9-16(17)21-24-19(27-30-21)14-31-22-26-25-20(18-11-6-12-29-18)28(22)13-15-7-2-1-3-8-15/h1-12H,13-14H2. The number of hydrogen-bond acceptors (Lipinski definition) is 7. The minimum Gasteiger partial charge on any atom is -0.461 e. The summed E-state index contributed by atoms with van der Waals surface area (Å²) in [6.07, 6.45) is 1.62. The Morgan fingerprint density at radius 2 is 1.77 bits per heavy atom. The van der Waals surface area contributed by atoms with E-state index in [0.717, 1.165) is 10.7 Å². The van der Waals surface area contributed by atoms with E-state index < -0.39 is 0 Å². The molecule has 7 nitrogen and oxygen atoms in total. The number of halogens is 1. The highest BCUT2D eigenvalue weighted by atomic mass is 35.5. The van der Waals surface area contributed by atoms with Gasteiger partial charge in [-0.25, -0.2) is 0 Å². The fraction of sp³-hybridized carbons (Fsp3) is 0.0909. The average Bonchev–Trinajstić information content (AvgIpc) is 3.55. The van der Waals surface area contributed by atoms with Crippen LogP contribution in [0.15, 0.2) is 87.1 Å². The zero-order chi connectivity index (χ0) is 21.0. The van der Waals surface area contributed by atoms with Crippen molar-refractivity contribution in [3.63, 3.8) is 0 Å². The summed E-state index contributed by atoms with van der Waals surface area (Å²) in [6, 6.07) is 21.2. The van der Waals surface area contributed by atoms with Gasteiger partial charge in [-0.1, -0.05) is 71.0 Å². The second-order valence-electron chi connectivity index (χ2n) is 6.64. The average molecular weight is 450 g/mol. The minimum atomic E-state index is 0.392. The molecule has 0 amide bonds. The molecule has 0 aliphatic heterocycles. The molecule has 31 heavy (non-hydrogen) atoms. The van der Waals surface area contributed by atoms with Crippen LogP contribution in [0, 0.1) is 0 Å². The van der Waals surface area contributed by atoms with Crippen LogP contribution in [0.25, 0.3) is 23.0 Å². The largest absolute Gasteiger partial charge is 0.461 e. The van der Waals surface area contributed by atoms with E-state index >= 15 is 0 Å². The number of aromatic nitrogens is 5. The molecule has 0 atom stereocenters. The lowest BCUT2D eigenvalue weighted by Gasteiger charge is -2.08. The Morgan fingerprint density at radius 3 is 2.58 bits per heavy atom. The molecule has 0 aliphatic carbocycles. The molecule has 0 spiro atoms. The van der Waals surface area contributed by atoms with E-state index in [2.05, 4.69) is 32.5 Å². The zero-order valence-electron chi connectivity index (χ0n) is 16.2. The van der Waals surface area contributed by atoms with Gasteiger partial charge in [0.25, 0.3) is 5.89 Å². The van der Waals surface area contributed by atoms with Gasteiger partial charge in [-0.15, -0.1) is 10.2 Å². The number of furan rings is 1. The normalized spacial score (nSPS) is 11.1. The van der Waals surface area contributed by atoms with Gasteiger partial charge in [0.05, 0.1) is 29.1 Å². The highest BCUT2D eigenvalue weighted by molar-refractivity contribution is 7.98. The van der Waals surface area contributed by atoms with Gasteiger partial charge in [-0.3, -0.25) is 4.57 Å². The Labute approximate surface area is 187 Å². The molecule has 5 aromatic rings. The summed E-state index contributed by atoms with van der Waals surface area (Å²) < 4.78 is 13.0. The topological polar surface area (TPSA) is 82.8 Å². The second kappa shape index (κ2) is 8.79. The van der Waals surface area contributed by atoms with Gasteiger partial charge in [-0.2, -0.15) is 4.98 Å². The van der Waals surface area contributed by atoms with E-state index in [-0.39, 0.29) is 0 Å². The molecule has 0 fully saturated rings. The first-order valence-corrected chi connectivity index (χ1v) is 10.9. The first kappa shape index (κ1) is 19.6. The van der Waals surface area contributed by atoms with Crippen molar-refractivity contribution in [3.8, 4) is 23.0 Å². The van der Waals surface area contributed by atoms with E-state index in [1.807, 2.05) is 53.1 Å². The molecular weight excluding hydrogens is 434 g/mol. The van der Waals surface area contributed by atoms with Gasteiger partial charge in [0.1, 0.15) is 0 Å². The zero-order valence-corrected chi connectivity index (χ0v) is 17.8. The predicted octanol–water partition coefficient (Wildman–Crippen LogP) is 5.58. The maximum Gasteiger partial charge on any atom is 0.259 e. The number of rotatable bonds is 7. The third kappa shape index (κ3) is 4.26. The third-order valence-electron chi connectivity index (χ3n) is 4.54. The first-order valence-electron chi connectivity index (χ1n) is 9.49. The first-order chi connectivity index (χ1) is 15.3.